The zero-order chi connectivity index (χ0) is 14.7. The van der Waals surface area contributed by atoms with Gasteiger partial charge in [0.1, 0.15) is 11.6 Å². The van der Waals surface area contributed by atoms with E-state index in [9.17, 15) is 10.1 Å². The van der Waals surface area contributed by atoms with Crippen molar-refractivity contribution in [3.05, 3.63) is 22.2 Å². The molecule has 0 saturated heterocycles. The van der Waals surface area contributed by atoms with Gasteiger partial charge in [-0.05, 0) is 25.7 Å². The first-order valence-corrected chi connectivity index (χ1v) is 6.70. The Hall–Kier alpha value is -1.89. The van der Waals surface area contributed by atoms with Crippen molar-refractivity contribution in [1.29, 1.82) is 0 Å². The van der Waals surface area contributed by atoms with Crippen molar-refractivity contribution in [3.63, 3.8) is 0 Å². The summed E-state index contributed by atoms with van der Waals surface area (Å²) in [6.45, 7) is 3.30. The number of pyridine rings is 1. The van der Waals surface area contributed by atoms with Crippen LogP contribution in [-0.2, 0) is 4.74 Å². The van der Waals surface area contributed by atoms with Gasteiger partial charge in [0.2, 0.25) is 0 Å². The minimum atomic E-state index is -0.447. The standard InChI is InChI=1S/C13H20N4O3/c1-9(10-3-4-10)16(5-6-20-2)13-8-11(17(18)19)7-12(14)15-13/h7-10H,3-6H2,1-2H3,(H2,14,15). The number of hydrogen-bond donors (Lipinski definition) is 1. The van der Waals surface area contributed by atoms with Crippen LogP contribution < -0.4 is 10.6 Å². The third-order valence-electron chi connectivity index (χ3n) is 3.65. The molecule has 110 valence electrons. The maximum atomic E-state index is 10.9. The van der Waals surface area contributed by atoms with Crippen LogP contribution in [0.2, 0.25) is 0 Å². The summed E-state index contributed by atoms with van der Waals surface area (Å²) in [4.78, 5) is 16.8. The second-order valence-electron chi connectivity index (χ2n) is 5.13. The molecule has 2 N–H and O–H groups in total. The molecule has 1 aromatic rings. The first-order valence-electron chi connectivity index (χ1n) is 6.70. The number of nitrogen functional groups attached to an aromatic ring is 1. The van der Waals surface area contributed by atoms with Crippen molar-refractivity contribution in [2.24, 2.45) is 5.92 Å². The highest BCUT2D eigenvalue weighted by Gasteiger charge is 2.33. The van der Waals surface area contributed by atoms with Crippen molar-refractivity contribution in [1.82, 2.24) is 4.98 Å². The molecular formula is C13H20N4O3. The second-order valence-corrected chi connectivity index (χ2v) is 5.13. The Balaban J connectivity index is 2.28. The van der Waals surface area contributed by atoms with Gasteiger partial charge in [0.25, 0.3) is 5.69 Å². The summed E-state index contributed by atoms with van der Waals surface area (Å²) < 4.78 is 5.12. The Morgan fingerprint density at radius 3 is 2.85 bits per heavy atom. The van der Waals surface area contributed by atoms with Gasteiger partial charge in [-0.3, -0.25) is 10.1 Å². The van der Waals surface area contributed by atoms with E-state index in [-0.39, 0.29) is 17.5 Å². The van der Waals surface area contributed by atoms with Crippen LogP contribution in [0.25, 0.3) is 0 Å². The summed E-state index contributed by atoms with van der Waals surface area (Å²) >= 11 is 0. The number of anilines is 2. The van der Waals surface area contributed by atoms with Crippen LogP contribution in [0.3, 0.4) is 0 Å². The lowest BCUT2D eigenvalue weighted by molar-refractivity contribution is -0.384. The number of nitro groups is 1. The molecule has 7 nitrogen and oxygen atoms in total. The predicted octanol–water partition coefficient (Wildman–Crippen LogP) is 1.82. The third-order valence-corrected chi connectivity index (χ3v) is 3.65. The van der Waals surface area contributed by atoms with E-state index in [1.807, 2.05) is 4.90 Å². The fraction of sp³-hybridized carbons (Fsp3) is 0.615. The topological polar surface area (TPSA) is 94.5 Å². The minimum absolute atomic E-state index is 0.0297. The molecule has 20 heavy (non-hydrogen) atoms. The first-order chi connectivity index (χ1) is 9.52. The SMILES string of the molecule is COCCN(c1cc([N+](=O)[O-])cc(N)n1)C(C)C1CC1. The summed E-state index contributed by atoms with van der Waals surface area (Å²) in [5.41, 5.74) is 5.65. The van der Waals surface area contributed by atoms with E-state index in [4.69, 9.17) is 10.5 Å². The largest absolute Gasteiger partial charge is 0.383 e. The van der Waals surface area contributed by atoms with E-state index in [1.54, 1.807) is 7.11 Å². The maximum absolute atomic E-state index is 10.9. The van der Waals surface area contributed by atoms with Crippen LogP contribution in [0.4, 0.5) is 17.3 Å². The van der Waals surface area contributed by atoms with E-state index < -0.39 is 4.92 Å². The third kappa shape index (κ3) is 3.36. The fourth-order valence-electron chi connectivity index (χ4n) is 2.32. The molecule has 0 spiro atoms. The van der Waals surface area contributed by atoms with Gasteiger partial charge < -0.3 is 15.4 Å². The lowest BCUT2D eigenvalue weighted by Crippen LogP contribution is -2.38. The Morgan fingerprint density at radius 2 is 2.30 bits per heavy atom. The van der Waals surface area contributed by atoms with Crippen LogP contribution in [0, 0.1) is 16.0 Å². The molecule has 0 bridgehead atoms. The maximum Gasteiger partial charge on any atom is 0.276 e. The average Bonchev–Trinajstić information content (AvgIpc) is 3.22. The molecule has 7 heteroatoms. The lowest BCUT2D eigenvalue weighted by Gasteiger charge is -2.30. The smallest absolute Gasteiger partial charge is 0.276 e. The van der Waals surface area contributed by atoms with E-state index in [0.717, 1.165) is 0 Å². The van der Waals surface area contributed by atoms with Crippen LogP contribution in [0.1, 0.15) is 19.8 Å². The summed E-state index contributed by atoms with van der Waals surface area (Å²) in [5, 5.41) is 10.9. The quantitative estimate of drug-likeness (QED) is 0.604. The molecule has 0 amide bonds. The van der Waals surface area contributed by atoms with Crippen molar-refractivity contribution in [3.8, 4) is 0 Å². The predicted molar refractivity (Wildman–Crippen MR) is 76.7 cm³/mol. The molecule has 1 saturated carbocycles. The normalized spacial score (nSPS) is 15.9. The summed E-state index contributed by atoms with van der Waals surface area (Å²) in [6.07, 6.45) is 2.38. The molecule has 1 aliphatic rings. The highest BCUT2D eigenvalue weighted by molar-refractivity contribution is 5.54. The van der Waals surface area contributed by atoms with Crippen LogP contribution in [0.5, 0.6) is 0 Å². The number of hydrogen-bond acceptors (Lipinski definition) is 6. The molecule has 0 aliphatic heterocycles. The van der Waals surface area contributed by atoms with Gasteiger partial charge in [0.05, 0.1) is 23.7 Å². The Kier molecular flexibility index (Phi) is 4.39. The van der Waals surface area contributed by atoms with Crippen LogP contribution in [0.15, 0.2) is 12.1 Å². The molecule has 1 aromatic heterocycles. The molecule has 1 atom stereocenters. The van der Waals surface area contributed by atoms with Crippen LogP contribution in [-0.4, -0.2) is 36.2 Å². The van der Waals surface area contributed by atoms with Gasteiger partial charge in [-0.25, -0.2) is 4.98 Å². The lowest BCUT2D eigenvalue weighted by atomic mass is 10.1. The number of rotatable bonds is 7. The Morgan fingerprint density at radius 1 is 1.60 bits per heavy atom. The van der Waals surface area contributed by atoms with E-state index in [0.29, 0.717) is 24.9 Å². The molecule has 0 aromatic carbocycles. The van der Waals surface area contributed by atoms with Gasteiger partial charge in [-0.2, -0.15) is 0 Å². The molecule has 0 radical (unpaired) electrons. The summed E-state index contributed by atoms with van der Waals surface area (Å²) in [6, 6.07) is 3.03. The number of nitrogens with zero attached hydrogens (tertiary/aromatic N) is 3. The zero-order valence-corrected chi connectivity index (χ0v) is 11.8. The van der Waals surface area contributed by atoms with E-state index >= 15 is 0 Å². The minimum Gasteiger partial charge on any atom is -0.383 e. The van der Waals surface area contributed by atoms with E-state index in [1.165, 1.54) is 25.0 Å². The highest BCUT2D eigenvalue weighted by atomic mass is 16.6. The van der Waals surface area contributed by atoms with Crippen molar-refractivity contribution >= 4 is 17.3 Å². The second kappa shape index (κ2) is 6.04. The fourth-order valence-corrected chi connectivity index (χ4v) is 2.32. The number of aromatic nitrogens is 1. The van der Waals surface area contributed by atoms with Gasteiger partial charge in [0, 0.05) is 19.7 Å². The molecule has 1 heterocycles. The number of ether oxygens (including phenoxy) is 1. The highest BCUT2D eigenvalue weighted by Crippen LogP contribution is 2.37. The zero-order valence-electron chi connectivity index (χ0n) is 11.8. The van der Waals surface area contributed by atoms with Gasteiger partial charge in [0.15, 0.2) is 0 Å². The van der Waals surface area contributed by atoms with Gasteiger partial charge in [-0.1, -0.05) is 0 Å². The average molecular weight is 280 g/mol. The van der Waals surface area contributed by atoms with Crippen molar-refractivity contribution in [2.75, 3.05) is 30.9 Å². The summed E-state index contributed by atoms with van der Waals surface area (Å²) in [5.74, 6) is 1.34. The van der Waals surface area contributed by atoms with E-state index in [2.05, 4.69) is 11.9 Å². The molecular weight excluding hydrogens is 260 g/mol. The van der Waals surface area contributed by atoms with Crippen molar-refractivity contribution in [2.45, 2.75) is 25.8 Å². The summed E-state index contributed by atoms with van der Waals surface area (Å²) in [7, 11) is 1.63. The van der Waals surface area contributed by atoms with Crippen LogP contribution >= 0.6 is 0 Å². The van der Waals surface area contributed by atoms with Gasteiger partial charge >= 0.3 is 0 Å². The first kappa shape index (κ1) is 14.5. The molecule has 2 rings (SSSR count). The number of nitrogens with two attached hydrogens (primary N) is 1. The molecule has 1 fully saturated rings. The van der Waals surface area contributed by atoms with Crippen molar-refractivity contribution < 1.29 is 9.66 Å². The Labute approximate surface area is 117 Å². The molecule has 1 unspecified atom stereocenters. The number of methoxy groups -OCH3 is 1. The monoisotopic (exact) mass is 280 g/mol. The Bertz CT molecular complexity index is 491. The molecule has 1 aliphatic carbocycles. The van der Waals surface area contributed by atoms with Gasteiger partial charge in [-0.15, -0.1) is 0 Å².